The van der Waals surface area contributed by atoms with E-state index in [4.69, 9.17) is 9.97 Å². The number of anilines is 1. The number of hydrogen-bond acceptors (Lipinski definition) is 6. The number of nitrogens with zero attached hydrogens (tertiary/aromatic N) is 5. The zero-order valence-corrected chi connectivity index (χ0v) is 16.6. The number of aromatic nitrogens is 4. The number of fused-ring (bicyclic) bond motifs is 1. The largest absolute Gasteiger partial charge is 0.368 e. The molecule has 0 bridgehead atoms. The predicted octanol–water partition coefficient (Wildman–Crippen LogP) is 3.52. The zero-order chi connectivity index (χ0) is 18.1. The molecule has 7 heteroatoms. The third-order valence-electron chi connectivity index (χ3n) is 5.03. The van der Waals surface area contributed by atoms with Gasteiger partial charge in [0.05, 0.1) is 24.7 Å². The van der Waals surface area contributed by atoms with E-state index in [1.165, 1.54) is 34.2 Å². The van der Waals surface area contributed by atoms with Crippen molar-refractivity contribution in [1.82, 2.24) is 24.6 Å². The molecule has 0 amide bonds. The van der Waals surface area contributed by atoms with Crippen molar-refractivity contribution in [2.45, 2.75) is 46.7 Å². The number of rotatable bonds is 6. The molecular weight excluding hydrogens is 344 g/mol. The summed E-state index contributed by atoms with van der Waals surface area (Å²) in [6.45, 7) is 11.2. The van der Waals surface area contributed by atoms with Gasteiger partial charge in [0.15, 0.2) is 0 Å². The second-order valence-electron chi connectivity index (χ2n) is 7.14. The minimum Gasteiger partial charge on any atom is -0.368 e. The quantitative estimate of drug-likeness (QED) is 0.719. The van der Waals surface area contributed by atoms with E-state index in [9.17, 15) is 0 Å². The fraction of sp³-hybridized carbons (Fsp3) is 0.526. The lowest BCUT2D eigenvalue weighted by molar-refractivity contribution is 0.323. The van der Waals surface area contributed by atoms with Gasteiger partial charge in [-0.2, -0.15) is 5.10 Å². The molecule has 3 aromatic rings. The molecule has 4 heterocycles. The highest BCUT2D eigenvalue weighted by molar-refractivity contribution is 7.18. The number of aryl methyl sites for hydroxylation is 3. The number of thiophene rings is 1. The Morgan fingerprint density at radius 2 is 1.96 bits per heavy atom. The van der Waals surface area contributed by atoms with Gasteiger partial charge in [0.1, 0.15) is 16.5 Å². The van der Waals surface area contributed by atoms with Gasteiger partial charge in [-0.15, -0.1) is 11.3 Å². The topological polar surface area (TPSA) is 58.9 Å². The van der Waals surface area contributed by atoms with Crippen LogP contribution < -0.4 is 5.32 Å². The first-order chi connectivity index (χ1) is 12.6. The minimum absolute atomic E-state index is 0.796. The van der Waals surface area contributed by atoms with Crippen LogP contribution in [-0.4, -0.2) is 44.3 Å². The fourth-order valence-electron chi connectivity index (χ4n) is 3.51. The molecule has 26 heavy (non-hydrogen) atoms. The first kappa shape index (κ1) is 17.4. The highest BCUT2D eigenvalue weighted by Crippen LogP contribution is 2.33. The number of likely N-dealkylation sites (tertiary alicyclic amines) is 1. The summed E-state index contributed by atoms with van der Waals surface area (Å²) in [5.74, 6) is 1.90. The smallest absolute Gasteiger partial charge is 0.146 e. The molecule has 1 fully saturated rings. The lowest BCUT2D eigenvalue weighted by Crippen LogP contribution is -2.20. The van der Waals surface area contributed by atoms with E-state index >= 15 is 0 Å². The van der Waals surface area contributed by atoms with E-state index in [2.05, 4.69) is 42.3 Å². The molecule has 138 valence electrons. The Morgan fingerprint density at radius 3 is 2.69 bits per heavy atom. The van der Waals surface area contributed by atoms with Crippen LogP contribution in [0.5, 0.6) is 0 Å². The summed E-state index contributed by atoms with van der Waals surface area (Å²) in [5.41, 5.74) is 2.47. The van der Waals surface area contributed by atoms with Crippen LogP contribution in [-0.2, 0) is 13.1 Å². The first-order valence-corrected chi connectivity index (χ1v) is 10.1. The van der Waals surface area contributed by atoms with Crippen molar-refractivity contribution in [2.75, 3.05) is 25.0 Å². The van der Waals surface area contributed by atoms with Crippen molar-refractivity contribution < 1.29 is 0 Å². The molecule has 6 nitrogen and oxygen atoms in total. The summed E-state index contributed by atoms with van der Waals surface area (Å²) in [5, 5.41) is 9.07. The van der Waals surface area contributed by atoms with Crippen LogP contribution in [0, 0.1) is 20.8 Å². The Morgan fingerprint density at radius 1 is 1.15 bits per heavy atom. The van der Waals surface area contributed by atoms with Gasteiger partial charge in [-0.3, -0.25) is 9.58 Å². The van der Waals surface area contributed by atoms with Crippen LogP contribution in [0.15, 0.2) is 12.4 Å². The summed E-state index contributed by atoms with van der Waals surface area (Å²) >= 11 is 1.77. The molecule has 4 rings (SSSR count). The molecule has 3 aromatic heterocycles. The highest BCUT2D eigenvalue weighted by Gasteiger charge is 2.18. The number of hydrogen-bond donors (Lipinski definition) is 1. The van der Waals surface area contributed by atoms with Crippen LogP contribution in [0.4, 0.5) is 5.82 Å². The maximum Gasteiger partial charge on any atom is 0.146 e. The van der Waals surface area contributed by atoms with Crippen molar-refractivity contribution in [3.8, 4) is 0 Å². The van der Waals surface area contributed by atoms with Crippen LogP contribution in [0.1, 0.15) is 34.7 Å². The van der Waals surface area contributed by atoms with E-state index in [1.54, 1.807) is 11.3 Å². The Bertz CT molecular complexity index is 906. The molecule has 0 radical (unpaired) electrons. The lowest BCUT2D eigenvalue weighted by atomic mass is 10.2. The maximum absolute atomic E-state index is 4.89. The molecule has 0 saturated carbocycles. The van der Waals surface area contributed by atoms with E-state index in [0.717, 1.165) is 49.2 Å². The summed E-state index contributed by atoms with van der Waals surface area (Å²) in [6.07, 6.45) is 6.53. The normalized spacial score (nSPS) is 15.2. The van der Waals surface area contributed by atoms with Crippen molar-refractivity contribution in [1.29, 1.82) is 0 Å². The molecule has 1 aliphatic rings. The molecule has 1 N–H and O–H groups in total. The van der Waals surface area contributed by atoms with E-state index in [0.29, 0.717) is 0 Å². The molecule has 1 aliphatic heterocycles. The van der Waals surface area contributed by atoms with Crippen LogP contribution in [0.25, 0.3) is 10.2 Å². The Kier molecular flexibility index (Phi) is 4.91. The zero-order valence-electron chi connectivity index (χ0n) is 15.7. The van der Waals surface area contributed by atoms with E-state index in [1.807, 2.05) is 10.9 Å². The average Bonchev–Trinajstić information content (AvgIpc) is 3.31. The van der Waals surface area contributed by atoms with Crippen LogP contribution in [0.3, 0.4) is 0 Å². The average molecular weight is 371 g/mol. The maximum atomic E-state index is 4.89. The molecule has 0 spiro atoms. The van der Waals surface area contributed by atoms with Gasteiger partial charge in [0.2, 0.25) is 0 Å². The molecular formula is C19H26N6S. The van der Waals surface area contributed by atoms with Crippen LogP contribution in [0.2, 0.25) is 0 Å². The standard InChI is InChI=1S/C19H26N6S/c1-13-10-21-25(11-13)9-6-20-18-17-14(2)15(3)26-19(17)23-16(22-18)12-24-7-4-5-8-24/h10-11H,4-9,12H2,1-3H3,(H,20,22,23). The Labute approximate surface area is 158 Å². The minimum atomic E-state index is 0.796. The fourth-order valence-corrected chi connectivity index (χ4v) is 4.56. The molecule has 0 atom stereocenters. The summed E-state index contributed by atoms with van der Waals surface area (Å²) in [6, 6.07) is 0. The van der Waals surface area contributed by atoms with E-state index in [-0.39, 0.29) is 0 Å². The summed E-state index contributed by atoms with van der Waals surface area (Å²) in [7, 11) is 0. The van der Waals surface area contributed by atoms with Gasteiger partial charge in [0.25, 0.3) is 0 Å². The summed E-state index contributed by atoms with van der Waals surface area (Å²) in [4.78, 5) is 14.6. The van der Waals surface area contributed by atoms with E-state index < -0.39 is 0 Å². The van der Waals surface area contributed by atoms with Crippen molar-refractivity contribution in [3.63, 3.8) is 0 Å². The molecule has 0 aromatic carbocycles. The SMILES string of the molecule is Cc1cnn(CCNc2nc(CN3CCCC3)nc3sc(C)c(C)c23)c1. The third-order valence-corrected chi connectivity index (χ3v) is 6.14. The van der Waals surface area contributed by atoms with Gasteiger partial charge in [-0.25, -0.2) is 9.97 Å². The van der Waals surface area contributed by atoms with Crippen molar-refractivity contribution in [3.05, 3.63) is 34.2 Å². The highest BCUT2D eigenvalue weighted by atomic mass is 32.1. The lowest BCUT2D eigenvalue weighted by Gasteiger charge is -2.15. The van der Waals surface area contributed by atoms with Gasteiger partial charge in [-0.05, 0) is 57.8 Å². The van der Waals surface area contributed by atoms with Crippen molar-refractivity contribution in [2.24, 2.45) is 0 Å². The monoisotopic (exact) mass is 370 g/mol. The Balaban J connectivity index is 1.57. The molecule has 1 saturated heterocycles. The van der Waals surface area contributed by atoms with Gasteiger partial charge in [-0.1, -0.05) is 0 Å². The second kappa shape index (κ2) is 7.32. The van der Waals surface area contributed by atoms with Gasteiger partial charge in [0, 0.05) is 17.6 Å². The second-order valence-corrected chi connectivity index (χ2v) is 8.35. The van der Waals surface area contributed by atoms with Crippen molar-refractivity contribution >= 4 is 27.4 Å². The predicted molar refractivity (Wildman–Crippen MR) is 107 cm³/mol. The summed E-state index contributed by atoms with van der Waals surface area (Å²) < 4.78 is 1.97. The molecule has 0 aliphatic carbocycles. The third kappa shape index (κ3) is 3.59. The number of nitrogens with one attached hydrogen (secondary N) is 1. The van der Waals surface area contributed by atoms with Gasteiger partial charge < -0.3 is 5.32 Å². The first-order valence-electron chi connectivity index (χ1n) is 9.32. The molecule has 0 unspecified atom stereocenters. The van der Waals surface area contributed by atoms with Gasteiger partial charge >= 0.3 is 0 Å². The Hall–Kier alpha value is -1.99. The van der Waals surface area contributed by atoms with Crippen LogP contribution >= 0.6 is 11.3 Å².